The summed E-state index contributed by atoms with van der Waals surface area (Å²) in [4.78, 5) is 25.2. The summed E-state index contributed by atoms with van der Waals surface area (Å²) >= 11 is 0. The van der Waals surface area contributed by atoms with Gasteiger partial charge in [-0.25, -0.2) is 0 Å². The van der Waals surface area contributed by atoms with E-state index >= 15 is 0 Å². The molecule has 0 atom stereocenters. The Morgan fingerprint density at radius 2 is 0.837 bits per heavy atom. The topological polar surface area (TPSA) is 76.7 Å². The summed E-state index contributed by atoms with van der Waals surface area (Å²) < 4.78 is 12.1. The van der Waals surface area contributed by atoms with Gasteiger partial charge in [-0.15, -0.1) is 0 Å². The lowest BCUT2D eigenvalue weighted by atomic mass is 9.75. The van der Waals surface area contributed by atoms with Crippen LogP contribution in [0.4, 0.5) is 11.4 Å². The lowest BCUT2D eigenvalue weighted by Crippen LogP contribution is -2.11. The molecular weight excluding hydrogens is 607 g/mol. The smallest absolute Gasteiger partial charge is 0.255 e. The average Bonchev–Trinajstić information content (AvgIpc) is 3.14. The van der Waals surface area contributed by atoms with E-state index in [4.69, 9.17) is 9.47 Å². The number of carbonyl (C=O) groups is 2. The van der Waals surface area contributed by atoms with Crippen molar-refractivity contribution in [1.29, 1.82) is 0 Å². The quantitative estimate of drug-likeness (QED) is 0.130. The zero-order valence-corrected chi connectivity index (χ0v) is 27.5. The Morgan fingerprint density at radius 1 is 0.490 bits per heavy atom. The first-order valence-corrected chi connectivity index (χ1v) is 16.3. The highest BCUT2D eigenvalue weighted by Gasteiger charge is 2.09. The molecule has 6 nitrogen and oxygen atoms in total. The van der Waals surface area contributed by atoms with E-state index in [1.807, 2.05) is 152 Å². The van der Waals surface area contributed by atoms with Crippen molar-refractivity contribution in [3.63, 3.8) is 0 Å². The van der Waals surface area contributed by atoms with Crippen molar-refractivity contribution in [2.75, 3.05) is 10.6 Å². The first-order chi connectivity index (χ1) is 23.9. The van der Waals surface area contributed by atoms with Gasteiger partial charge in [0.1, 0.15) is 30.3 Å². The first kappa shape index (κ1) is 32.8. The van der Waals surface area contributed by atoms with Gasteiger partial charge >= 0.3 is 0 Å². The maximum Gasteiger partial charge on any atom is 0.255 e. The van der Waals surface area contributed by atoms with Crippen LogP contribution in [0, 0.1) is 0 Å². The molecule has 0 bridgehead atoms. The highest BCUT2D eigenvalue weighted by atomic mass is 16.5. The minimum atomic E-state index is -0.152. The molecule has 0 aromatic heterocycles. The van der Waals surface area contributed by atoms with Gasteiger partial charge in [0.25, 0.3) is 11.8 Å². The fourth-order valence-corrected chi connectivity index (χ4v) is 5.24. The van der Waals surface area contributed by atoms with Gasteiger partial charge in [-0.3, -0.25) is 9.59 Å². The summed E-state index contributed by atoms with van der Waals surface area (Å²) in [7, 11) is 2.09. The van der Waals surface area contributed by atoms with Crippen LogP contribution in [0.1, 0.15) is 38.8 Å². The maximum atomic E-state index is 12.6. The Kier molecular flexibility index (Phi) is 10.5. The van der Waals surface area contributed by atoms with E-state index in [1.54, 1.807) is 0 Å². The second-order valence-corrected chi connectivity index (χ2v) is 11.6. The number of aryl methyl sites for hydroxylation is 1. The second kappa shape index (κ2) is 15.7. The van der Waals surface area contributed by atoms with Crippen LogP contribution in [0.5, 0.6) is 23.0 Å². The third-order valence-corrected chi connectivity index (χ3v) is 8.02. The molecule has 2 amide bonds. The van der Waals surface area contributed by atoms with Crippen molar-refractivity contribution in [2.45, 2.75) is 26.5 Å². The van der Waals surface area contributed by atoms with Gasteiger partial charge in [-0.1, -0.05) is 74.2 Å². The highest BCUT2D eigenvalue weighted by Crippen LogP contribution is 2.30. The minimum absolute atomic E-state index is 0.147. The molecule has 7 heteroatoms. The molecule has 6 rings (SSSR count). The largest absolute Gasteiger partial charge is 0.457 e. The number of anilines is 2. The van der Waals surface area contributed by atoms with E-state index in [9.17, 15) is 9.59 Å². The van der Waals surface area contributed by atoms with Crippen molar-refractivity contribution in [1.82, 2.24) is 0 Å². The van der Waals surface area contributed by atoms with Gasteiger partial charge in [0, 0.05) is 22.5 Å². The van der Waals surface area contributed by atoms with Crippen LogP contribution >= 0.6 is 0 Å². The molecule has 2 N–H and O–H groups in total. The van der Waals surface area contributed by atoms with Gasteiger partial charge in [-0.2, -0.15) is 0 Å². The summed E-state index contributed by atoms with van der Waals surface area (Å²) in [5, 5.41) is 5.86. The van der Waals surface area contributed by atoms with Gasteiger partial charge in [0.05, 0.1) is 0 Å². The van der Waals surface area contributed by atoms with Crippen LogP contribution < -0.4 is 20.1 Å². The molecule has 49 heavy (non-hydrogen) atoms. The summed E-state index contributed by atoms with van der Waals surface area (Å²) in [6.45, 7) is 4.10. The van der Waals surface area contributed by atoms with Gasteiger partial charge in [0.2, 0.25) is 0 Å². The summed E-state index contributed by atoms with van der Waals surface area (Å²) in [6, 6.07) is 45.6. The molecule has 0 aliphatic heterocycles. The van der Waals surface area contributed by atoms with E-state index in [0.717, 1.165) is 23.9 Å². The Labute approximate surface area is 288 Å². The predicted octanol–water partition coefficient (Wildman–Crippen LogP) is 10.3. The van der Waals surface area contributed by atoms with E-state index in [0.29, 0.717) is 45.5 Å². The first-order valence-electron chi connectivity index (χ1n) is 16.3. The van der Waals surface area contributed by atoms with Crippen LogP contribution in [0.25, 0.3) is 11.1 Å². The van der Waals surface area contributed by atoms with Gasteiger partial charge in [0.15, 0.2) is 0 Å². The van der Waals surface area contributed by atoms with E-state index in [1.165, 1.54) is 11.1 Å². The SMILES string of the molecule is C[B]Cc1ccc(C(=O)Nc2ccc(Oc3ccc(-c4ccc(Oc5ccc(NC(=O)c6ccc(CC)cc6)cc5)cc4)cc3)cc2)cc1. The van der Waals surface area contributed by atoms with Crippen LogP contribution in [0.3, 0.4) is 0 Å². The predicted molar refractivity (Wildman–Crippen MR) is 198 cm³/mol. The summed E-state index contributed by atoms with van der Waals surface area (Å²) in [6.07, 6.45) is 1.82. The molecular formula is C42H36BN2O4. The summed E-state index contributed by atoms with van der Waals surface area (Å²) in [5.74, 6) is 2.46. The third-order valence-electron chi connectivity index (χ3n) is 8.02. The van der Waals surface area contributed by atoms with Crippen LogP contribution in [0.2, 0.25) is 6.82 Å². The van der Waals surface area contributed by atoms with Crippen LogP contribution in [0.15, 0.2) is 146 Å². The van der Waals surface area contributed by atoms with E-state index in [2.05, 4.69) is 24.8 Å². The number of benzene rings is 6. The molecule has 241 valence electrons. The van der Waals surface area contributed by atoms with Crippen LogP contribution in [-0.2, 0) is 12.7 Å². The number of carbonyl (C=O) groups excluding carboxylic acids is 2. The molecule has 6 aromatic rings. The highest BCUT2D eigenvalue weighted by molar-refractivity contribution is 6.32. The average molecular weight is 644 g/mol. The Morgan fingerprint density at radius 3 is 1.18 bits per heavy atom. The Balaban J connectivity index is 0.989. The number of hydrogen-bond acceptors (Lipinski definition) is 4. The normalized spacial score (nSPS) is 10.6. The third kappa shape index (κ3) is 8.84. The fourth-order valence-electron chi connectivity index (χ4n) is 5.24. The maximum absolute atomic E-state index is 12.6. The van der Waals surface area contributed by atoms with Crippen molar-refractivity contribution >= 4 is 30.5 Å². The summed E-state index contributed by atoms with van der Waals surface area (Å²) in [5.41, 5.74) is 7.09. The Bertz CT molecular complexity index is 1990. The van der Waals surface area contributed by atoms with E-state index < -0.39 is 0 Å². The number of amides is 2. The fraction of sp³-hybridized carbons (Fsp3) is 0.0952. The standard InChI is InChI=1S/C42H36BN2O4/c1-3-29-4-8-33(9-5-29)41(46)44-35-16-24-39(25-17-35)48-37-20-12-31(13-21-37)32-14-22-38(23-15-32)49-40-26-18-36(19-27-40)45-42(47)34-10-6-30(7-11-34)28-43-2/h4-27H,3,28H2,1-2H3,(H,44,46)(H,45,47). The van der Waals surface area contributed by atoms with Crippen molar-refractivity contribution < 1.29 is 19.1 Å². The number of nitrogens with one attached hydrogen (secondary N) is 2. The molecule has 0 aliphatic carbocycles. The molecule has 0 unspecified atom stereocenters. The Hall–Kier alpha value is -6.08. The molecule has 1 radical (unpaired) electrons. The molecule has 0 heterocycles. The molecule has 0 spiro atoms. The lowest BCUT2D eigenvalue weighted by molar-refractivity contribution is 0.101. The molecule has 6 aromatic carbocycles. The zero-order chi connectivity index (χ0) is 34.0. The van der Waals surface area contributed by atoms with Gasteiger partial charge in [-0.05, 0) is 120 Å². The molecule has 0 saturated heterocycles. The van der Waals surface area contributed by atoms with Crippen LogP contribution in [-0.4, -0.2) is 19.1 Å². The number of hydrogen-bond donors (Lipinski definition) is 2. The number of ether oxygens (including phenoxy) is 2. The van der Waals surface area contributed by atoms with Gasteiger partial charge < -0.3 is 20.1 Å². The minimum Gasteiger partial charge on any atom is -0.457 e. The van der Waals surface area contributed by atoms with E-state index in [-0.39, 0.29) is 11.8 Å². The zero-order valence-electron chi connectivity index (χ0n) is 27.5. The molecule has 0 fully saturated rings. The van der Waals surface area contributed by atoms with Crippen molar-refractivity contribution in [2.24, 2.45) is 0 Å². The molecule has 0 saturated carbocycles. The molecule has 0 aliphatic rings. The monoisotopic (exact) mass is 643 g/mol. The van der Waals surface area contributed by atoms with Crippen molar-refractivity contribution in [3.05, 3.63) is 168 Å². The lowest BCUT2D eigenvalue weighted by Gasteiger charge is -2.10. The van der Waals surface area contributed by atoms with Crippen molar-refractivity contribution in [3.8, 4) is 34.1 Å². The number of rotatable bonds is 12. The second-order valence-electron chi connectivity index (χ2n) is 11.6.